The summed E-state index contributed by atoms with van der Waals surface area (Å²) in [4.78, 5) is 12.1. The molecule has 0 aromatic heterocycles. The summed E-state index contributed by atoms with van der Waals surface area (Å²) < 4.78 is 1.52. The van der Waals surface area contributed by atoms with E-state index in [4.69, 9.17) is 11.6 Å². The van der Waals surface area contributed by atoms with Crippen molar-refractivity contribution in [2.24, 2.45) is 0 Å². The summed E-state index contributed by atoms with van der Waals surface area (Å²) in [5, 5.41) is 3.21. The predicted octanol–water partition coefficient (Wildman–Crippen LogP) is 5.12. The number of amides is 1. The molecule has 0 spiro atoms. The molecule has 1 N–H and O–H groups in total. The van der Waals surface area contributed by atoms with Gasteiger partial charge in [-0.25, -0.2) is 0 Å². The number of para-hydroxylation sites is 1. The van der Waals surface area contributed by atoms with Gasteiger partial charge in [-0.15, -0.1) is 0 Å². The number of benzene rings is 2. The van der Waals surface area contributed by atoms with Gasteiger partial charge in [0, 0.05) is 8.95 Å². The topological polar surface area (TPSA) is 29.1 Å². The van der Waals surface area contributed by atoms with Crippen LogP contribution in [-0.2, 0) is 0 Å². The quantitative estimate of drug-likeness (QED) is 0.759. The molecule has 0 radical (unpaired) electrons. The lowest BCUT2D eigenvalue weighted by Crippen LogP contribution is -2.12. The van der Waals surface area contributed by atoms with Crippen LogP contribution in [0.2, 0.25) is 5.02 Å². The lowest BCUT2D eigenvalue weighted by Gasteiger charge is -2.09. The van der Waals surface area contributed by atoms with Crippen LogP contribution in [-0.4, -0.2) is 5.91 Å². The first-order valence-corrected chi connectivity index (χ1v) is 7.06. The van der Waals surface area contributed by atoms with Crippen LogP contribution in [0.25, 0.3) is 0 Å². The molecule has 2 aromatic rings. The van der Waals surface area contributed by atoms with Crippen molar-refractivity contribution in [1.82, 2.24) is 0 Å². The molecule has 5 heteroatoms. The molecule has 0 aliphatic heterocycles. The number of hydrogen-bond donors (Lipinski definition) is 1. The van der Waals surface area contributed by atoms with Gasteiger partial charge in [0.2, 0.25) is 0 Å². The molecule has 0 saturated heterocycles. The Morgan fingerprint density at radius 1 is 1.00 bits per heavy atom. The number of nitrogens with one attached hydrogen (secondary N) is 1. The van der Waals surface area contributed by atoms with Crippen LogP contribution in [0.3, 0.4) is 0 Å². The SMILES string of the molecule is O=C(Nc1ccccc1Br)c1cccc(Br)c1Cl. The Kier molecular flexibility index (Phi) is 4.43. The molecule has 18 heavy (non-hydrogen) atoms. The van der Waals surface area contributed by atoms with E-state index >= 15 is 0 Å². The Balaban J connectivity index is 2.28. The highest BCUT2D eigenvalue weighted by Gasteiger charge is 2.13. The van der Waals surface area contributed by atoms with Crippen LogP contribution < -0.4 is 5.32 Å². The lowest BCUT2D eigenvalue weighted by molar-refractivity contribution is 0.102. The van der Waals surface area contributed by atoms with Crippen molar-refractivity contribution in [2.45, 2.75) is 0 Å². The van der Waals surface area contributed by atoms with Crippen LogP contribution in [0.1, 0.15) is 10.4 Å². The minimum atomic E-state index is -0.242. The van der Waals surface area contributed by atoms with Crippen LogP contribution in [0, 0.1) is 0 Å². The third-order valence-corrected chi connectivity index (χ3v) is 4.31. The number of hydrogen-bond acceptors (Lipinski definition) is 1. The normalized spacial score (nSPS) is 10.2. The van der Waals surface area contributed by atoms with E-state index in [1.165, 1.54) is 0 Å². The second-order valence-corrected chi connectivity index (χ2v) is 5.62. The van der Waals surface area contributed by atoms with Crippen LogP contribution in [0.4, 0.5) is 5.69 Å². The Hall–Kier alpha value is -0.840. The number of halogens is 3. The van der Waals surface area contributed by atoms with Crippen LogP contribution >= 0.6 is 43.5 Å². The Morgan fingerprint density at radius 2 is 1.67 bits per heavy atom. The first-order chi connectivity index (χ1) is 8.59. The molecule has 0 saturated carbocycles. The van der Waals surface area contributed by atoms with Gasteiger partial charge in [0.1, 0.15) is 0 Å². The number of carbonyl (C=O) groups excluding carboxylic acids is 1. The second-order valence-electron chi connectivity index (χ2n) is 3.54. The Morgan fingerprint density at radius 3 is 2.39 bits per heavy atom. The first-order valence-electron chi connectivity index (χ1n) is 5.09. The van der Waals surface area contributed by atoms with Gasteiger partial charge in [-0.05, 0) is 56.1 Å². The van der Waals surface area contributed by atoms with Crippen molar-refractivity contribution in [2.75, 3.05) is 5.32 Å². The van der Waals surface area contributed by atoms with Crippen molar-refractivity contribution in [3.05, 3.63) is 62.0 Å². The molecule has 0 aliphatic rings. The van der Waals surface area contributed by atoms with Gasteiger partial charge >= 0.3 is 0 Å². The number of anilines is 1. The average molecular weight is 389 g/mol. The molecule has 2 rings (SSSR count). The third kappa shape index (κ3) is 2.94. The Bertz CT molecular complexity index is 601. The summed E-state index contributed by atoms with van der Waals surface area (Å²) in [5.74, 6) is -0.242. The van der Waals surface area contributed by atoms with Crippen molar-refractivity contribution >= 4 is 55.1 Å². The monoisotopic (exact) mass is 387 g/mol. The van der Waals surface area contributed by atoms with Crippen molar-refractivity contribution in [1.29, 1.82) is 0 Å². The highest BCUT2D eigenvalue weighted by atomic mass is 79.9. The van der Waals surface area contributed by atoms with E-state index in [9.17, 15) is 4.79 Å². The number of rotatable bonds is 2. The molecule has 0 fully saturated rings. The molecule has 2 nitrogen and oxygen atoms in total. The molecular weight excluding hydrogens is 381 g/mol. The summed E-state index contributed by atoms with van der Waals surface area (Å²) in [5.41, 5.74) is 1.14. The van der Waals surface area contributed by atoms with Crippen LogP contribution in [0.15, 0.2) is 51.4 Å². The second kappa shape index (κ2) is 5.87. The van der Waals surface area contributed by atoms with E-state index in [-0.39, 0.29) is 5.91 Å². The average Bonchev–Trinajstić information content (AvgIpc) is 2.35. The molecule has 0 heterocycles. The zero-order chi connectivity index (χ0) is 13.1. The summed E-state index contributed by atoms with van der Waals surface area (Å²) >= 11 is 12.7. The zero-order valence-electron chi connectivity index (χ0n) is 9.08. The molecule has 1 amide bonds. The Labute approximate surface area is 127 Å². The zero-order valence-corrected chi connectivity index (χ0v) is 13.0. The van der Waals surface area contributed by atoms with Gasteiger partial charge in [0.25, 0.3) is 5.91 Å². The van der Waals surface area contributed by atoms with Crippen molar-refractivity contribution in [3.63, 3.8) is 0 Å². The van der Waals surface area contributed by atoms with Crippen LogP contribution in [0.5, 0.6) is 0 Å². The molecule has 0 unspecified atom stereocenters. The minimum Gasteiger partial charge on any atom is -0.321 e. The van der Waals surface area contributed by atoms with Crippen molar-refractivity contribution < 1.29 is 4.79 Å². The van der Waals surface area contributed by atoms with E-state index in [1.54, 1.807) is 18.2 Å². The molecule has 0 atom stereocenters. The fraction of sp³-hybridized carbons (Fsp3) is 0. The van der Waals surface area contributed by atoms with E-state index in [0.29, 0.717) is 20.7 Å². The van der Waals surface area contributed by atoms with Gasteiger partial charge in [0.15, 0.2) is 0 Å². The van der Waals surface area contributed by atoms with Gasteiger partial charge in [-0.1, -0.05) is 29.8 Å². The highest BCUT2D eigenvalue weighted by molar-refractivity contribution is 9.11. The van der Waals surface area contributed by atoms with E-state index in [2.05, 4.69) is 37.2 Å². The molecule has 0 bridgehead atoms. The minimum absolute atomic E-state index is 0.242. The first kappa shape index (κ1) is 13.6. The summed E-state index contributed by atoms with van der Waals surface area (Å²) in [7, 11) is 0. The standard InChI is InChI=1S/C13H8Br2ClNO/c14-9-5-1-2-7-11(9)17-13(18)8-4-3-6-10(15)12(8)16/h1-7H,(H,17,18). The van der Waals surface area contributed by atoms with Gasteiger partial charge in [-0.2, -0.15) is 0 Å². The fourth-order valence-electron chi connectivity index (χ4n) is 1.43. The summed E-state index contributed by atoms with van der Waals surface area (Å²) in [6.07, 6.45) is 0. The summed E-state index contributed by atoms with van der Waals surface area (Å²) in [6, 6.07) is 12.6. The van der Waals surface area contributed by atoms with Gasteiger partial charge < -0.3 is 5.32 Å². The molecule has 0 aliphatic carbocycles. The third-order valence-electron chi connectivity index (χ3n) is 2.32. The van der Waals surface area contributed by atoms with E-state index < -0.39 is 0 Å². The fourth-order valence-corrected chi connectivity index (χ4v) is 2.39. The van der Waals surface area contributed by atoms with E-state index in [0.717, 1.165) is 4.47 Å². The van der Waals surface area contributed by atoms with E-state index in [1.807, 2.05) is 24.3 Å². The van der Waals surface area contributed by atoms with Gasteiger partial charge in [-0.3, -0.25) is 4.79 Å². The molecule has 2 aromatic carbocycles. The van der Waals surface area contributed by atoms with Gasteiger partial charge in [0.05, 0.1) is 16.3 Å². The molecular formula is C13H8Br2ClNO. The maximum absolute atomic E-state index is 12.1. The maximum atomic E-state index is 12.1. The molecule has 92 valence electrons. The predicted molar refractivity (Wildman–Crippen MR) is 81.2 cm³/mol. The maximum Gasteiger partial charge on any atom is 0.257 e. The smallest absolute Gasteiger partial charge is 0.257 e. The van der Waals surface area contributed by atoms with Crippen molar-refractivity contribution in [3.8, 4) is 0 Å². The lowest BCUT2D eigenvalue weighted by atomic mass is 10.2. The largest absolute Gasteiger partial charge is 0.321 e. The number of carbonyl (C=O) groups is 1. The highest BCUT2D eigenvalue weighted by Crippen LogP contribution is 2.28. The summed E-state index contributed by atoms with van der Waals surface area (Å²) in [6.45, 7) is 0.